The van der Waals surface area contributed by atoms with E-state index in [1.807, 2.05) is 36.5 Å². The molecule has 5 heteroatoms. The molecular formula is C15H14N4O. The van der Waals surface area contributed by atoms with Gasteiger partial charge in [0.1, 0.15) is 5.82 Å². The van der Waals surface area contributed by atoms with E-state index in [2.05, 4.69) is 15.3 Å². The van der Waals surface area contributed by atoms with Gasteiger partial charge in [0, 0.05) is 23.5 Å². The maximum absolute atomic E-state index is 5.76. The quantitative estimate of drug-likeness (QED) is 0.762. The Bertz CT molecular complexity index is 752. The second kappa shape index (κ2) is 5.05. The average Bonchev–Trinajstić information content (AvgIpc) is 2.49. The highest BCUT2D eigenvalue weighted by Gasteiger charge is 2.05. The number of ether oxygens (including phenoxy) is 1. The Morgan fingerprint density at radius 3 is 2.90 bits per heavy atom. The van der Waals surface area contributed by atoms with Crippen molar-refractivity contribution in [1.29, 1.82) is 0 Å². The monoisotopic (exact) mass is 266 g/mol. The van der Waals surface area contributed by atoms with E-state index in [0.29, 0.717) is 17.4 Å². The third-order valence-electron chi connectivity index (χ3n) is 3.03. The zero-order valence-corrected chi connectivity index (χ0v) is 11.0. The van der Waals surface area contributed by atoms with E-state index >= 15 is 0 Å². The van der Waals surface area contributed by atoms with Gasteiger partial charge in [-0.25, -0.2) is 0 Å². The number of anilines is 3. The van der Waals surface area contributed by atoms with Gasteiger partial charge < -0.3 is 15.8 Å². The molecule has 0 saturated heterocycles. The second-order valence-electron chi connectivity index (χ2n) is 4.32. The fraction of sp³-hybridized carbons (Fsp3) is 0.0667. The molecule has 0 amide bonds. The molecule has 0 aliphatic heterocycles. The molecule has 3 aromatic rings. The molecule has 20 heavy (non-hydrogen) atoms. The van der Waals surface area contributed by atoms with Crippen molar-refractivity contribution in [2.45, 2.75) is 0 Å². The van der Waals surface area contributed by atoms with Gasteiger partial charge in [-0.05, 0) is 29.7 Å². The molecule has 5 nitrogen and oxygen atoms in total. The summed E-state index contributed by atoms with van der Waals surface area (Å²) in [7, 11) is 1.55. The fourth-order valence-electron chi connectivity index (χ4n) is 2.04. The van der Waals surface area contributed by atoms with E-state index in [1.165, 1.54) is 0 Å². The molecular weight excluding hydrogens is 252 g/mol. The van der Waals surface area contributed by atoms with E-state index in [1.54, 1.807) is 19.4 Å². The van der Waals surface area contributed by atoms with Crippen molar-refractivity contribution in [2.75, 3.05) is 18.2 Å². The van der Waals surface area contributed by atoms with E-state index in [9.17, 15) is 0 Å². The van der Waals surface area contributed by atoms with Crippen LogP contribution in [0.3, 0.4) is 0 Å². The van der Waals surface area contributed by atoms with Crippen LogP contribution in [-0.2, 0) is 0 Å². The molecule has 0 radical (unpaired) electrons. The minimum Gasteiger partial charge on any atom is -0.479 e. The summed E-state index contributed by atoms with van der Waals surface area (Å²) >= 11 is 0. The minimum absolute atomic E-state index is 0.411. The molecule has 3 rings (SSSR count). The van der Waals surface area contributed by atoms with E-state index in [0.717, 1.165) is 16.5 Å². The first-order valence-corrected chi connectivity index (χ1v) is 6.18. The SMILES string of the molecule is COc1nc(Nc2cccc3ccncc23)ccc1N. The minimum atomic E-state index is 0.411. The molecule has 0 atom stereocenters. The number of fused-ring (bicyclic) bond motifs is 1. The normalized spacial score (nSPS) is 10.4. The van der Waals surface area contributed by atoms with Crippen molar-refractivity contribution in [2.24, 2.45) is 0 Å². The van der Waals surface area contributed by atoms with Crippen molar-refractivity contribution in [3.05, 3.63) is 48.8 Å². The zero-order chi connectivity index (χ0) is 13.9. The van der Waals surface area contributed by atoms with Crippen LogP contribution in [0.15, 0.2) is 48.8 Å². The molecule has 0 saturated carbocycles. The third-order valence-corrected chi connectivity index (χ3v) is 3.03. The molecule has 1 aromatic carbocycles. The first-order chi connectivity index (χ1) is 9.78. The summed E-state index contributed by atoms with van der Waals surface area (Å²) in [5.41, 5.74) is 7.21. The fourth-order valence-corrected chi connectivity index (χ4v) is 2.04. The van der Waals surface area contributed by atoms with Crippen molar-refractivity contribution >= 4 is 28.0 Å². The van der Waals surface area contributed by atoms with Gasteiger partial charge in [-0.15, -0.1) is 0 Å². The lowest BCUT2D eigenvalue weighted by Gasteiger charge is -2.10. The molecule has 2 heterocycles. The molecule has 0 aliphatic rings. The summed E-state index contributed by atoms with van der Waals surface area (Å²) in [4.78, 5) is 8.47. The van der Waals surface area contributed by atoms with Crippen molar-refractivity contribution in [3.8, 4) is 5.88 Å². The molecule has 0 fully saturated rings. The van der Waals surface area contributed by atoms with E-state index in [4.69, 9.17) is 10.5 Å². The molecule has 0 unspecified atom stereocenters. The highest BCUT2D eigenvalue weighted by molar-refractivity contribution is 5.94. The number of hydrogen-bond acceptors (Lipinski definition) is 5. The predicted molar refractivity (Wildman–Crippen MR) is 80.2 cm³/mol. The third kappa shape index (κ3) is 2.21. The van der Waals surface area contributed by atoms with Gasteiger partial charge in [0.2, 0.25) is 5.88 Å². The summed E-state index contributed by atoms with van der Waals surface area (Å²) in [5.74, 6) is 1.08. The summed E-state index contributed by atoms with van der Waals surface area (Å²) < 4.78 is 5.12. The topological polar surface area (TPSA) is 73.1 Å². The Kier molecular flexibility index (Phi) is 3.09. The number of pyridine rings is 2. The Morgan fingerprint density at radius 1 is 1.15 bits per heavy atom. The lowest BCUT2D eigenvalue weighted by Crippen LogP contribution is -1.99. The number of nitrogens with one attached hydrogen (secondary N) is 1. The van der Waals surface area contributed by atoms with Gasteiger partial charge in [0.15, 0.2) is 0 Å². The average molecular weight is 266 g/mol. The van der Waals surface area contributed by atoms with Crippen molar-refractivity contribution in [3.63, 3.8) is 0 Å². The smallest absolute Gasteiger partial charge is 0.238 e. The largest absolute Gasteiger partial charge is 0.479 e. The standard InChI is InChI=1S/C15H14N4O/c1-20-15-12(16)5-6-14(19-15)18-13-4-2-3-10-7-8-17-9-11(10)13/h2-9H,16H2,1H3,(H,18,19). The second-order valence-corrected chi connectivity index (χ2v) is 4.32. The van der Waals surface area contributed by atoms with Gasteiger partial charge in [-0.1, -0.05) is 12.1 Å². The van der Waals surface area contributed by atoms with Crippen LogP contribution in [0, 0.1) is 0 Å². The molecule has 0 bridgehead atoms. The Labute approximate surface area is 116 Å². The van der Waals surface area contributed by atoms with E-state index in [-0.39, 0.29) is 0 Å². The predicted octanol–water partition coefficient (Wildman–Crippen LogP) is 2.96. The zero-order valence-electron chi connectivity index (χ0n) is 11.0. The van der Waals surface area contributed by atoms with E-state index < -0.39 is 0 Å². The number of methoxy groups -OCH3 is 1. The van der Waals surface area contributed by atoms with Crippen LogP contribution in [-0.4, -0.2) is 17.1 Å². The van der Waals surface area contributed by atoms with Crippen LogP contribution in [0.25, 0.3) is 10.8 Å². The lowest BCUT2D eigenvalue weighted by atomic mass is 10.1. The number of nitrogens with two attached hydrogens (primary N) is 1. The molecule has 0 spiro atoms. The van der Waals surface area contributed by atoms with Crippen LogP contribution in [0.5, 0.6) is 5.88 Å². The number of rotatable bonds is 3. The first-order valence-electron chi connectivity index (χ1n) is 6.18. The maximum atomic E-state index is 5.76. The van der Waals surface area contributed by atoms with Gasteiger partial charge in [0.05, 0.1) is 12.8 Å². The first kappa shape index (κ1) is 12.2. The van der Waals surface area contributed by atoms with Crippen molar-refractivity contribution < 1.29 is 4.74 Å². The van der Waals surface area contributed by atoms with Crippen LogP contribution in [0.1, 0.15) is 0 Å². The van der Waals surface area contributed by atoms with Crippen LogP contribution < -0.4 is 15.8 Å². The molecule has 0 aliphatic carbocycles. The summed E-state index contributed by atoms with van der Waals surface area (Å²) in [6.45, 7) is 0. The van der Waals surface area contributed by atoms with Gasteiger partial charge >= 0.3 is 0 Å². The number of nitrogens with zero attached hydrogens (tertiary/aromatic N) is 2. The maximum Gasteiger partial charge on any atom is 0.238 e. The number of nitrogen functional groups attached to an aromatic ring is 1. The van der Waals surface area contributed by atoms with Gasteiger partial charge in [0.25, 0.3) is 0 Å². The highest BCUT2D eigenvalue weighted by atomic mass is 16.5. The van der Waals surface area contributed by atoms with Gasteiger partial charge in [-0.2, -0.15) is 4.98 Å². The van der Waals surface area contributed by atoms with Gasteiger partial charge in [-0.3, -0.25) is 4.98 Å². The summed E-state index contributed by atoms with van der Waals surface area (Å²) in [6.07, 6.45) is 3.60. The lowest BCUT2D eigenvalue weighted by molar-refractivity contribution is 0.401. The number of hydrogen-bond donors (Lipinski definition) is 2. The Hall–Kier alpha value is -2.82. The summed E-state index contributed by atoms with van der Waals surface area (Å²) in [5, 5.41) is 5.41. The molecule has 3 N–H and O–H groups in total. The number of benzene rings is 1. The van der Waals surface area contributed by atoms with Crippen LogP contribution in [0.2, 0.25) is 0 Å². The number of aromatic nitrogens is 2. The van der Waals surface area contributed by atoms with Crippen LogP contribution >= 0.6 is 0 Å². The van der Waals surface area contributed by atoms with Crippen LogP contribution in [0.4, 0.5) is 17.2 Å². The summed E-state index contributed by atoms with van der Waals surface area (Å²) in [6, 6.07) is 11.6. The molecule has 2 aromatic heterocycles. The Balaban J connectivity index is 2.01. The van der Waals surface area contributed by atoms with Crippen molar-refractivity contribution in [1.82, 2.24) is 9.97 Å². The Morgan fingerprint density at radius 2 is 2.05 bits per heavy atom. The molecule has 100 valence electrons. The highest BCUT2D eigenvalue weighted by Crippen LogP contribution is 2.27.